The van der Waals surface area contributed by atoms with Gasteiger partial charge in [0.2, 0.25) is 5.91 Å². The van der Waals surface area contributed by atoms with Crippen LogP contribution in [-0.2, 0) is 4.79 Å². The number of amides is 1. The fourth-order valence-electron chi connectivity index (χ4n) is 4.39. The first kappa shape index (κ1) is 23.2. The number of carbonyl (C=O) groups is 1. The van der Waals surface area contributed by atoms with Gasteiger partial charge in [0.15, 0.2) is 0 Å². The Morgan fingerprint density at radius 2 is 1.94 bits per heavy atom. The molecule has 2 aromatic heterocycles. The van der Waals surface area contributed by atoms with Crippen LogP contribution in [0.5, 0.6) is 0 Å². The van der Waals surface area contributed by atoms with Crippen molar-refractivity contribution in [3.05, 3.63) is 59.3 Å². The molecule has 33 heavy (non-hydrogen) atoms. The molecule has 0 radical (unpaired) electrons. The van der Waals surface area contributed by atoms with Crippen LogP contribution in [0, 0.1) is 5.92 Å². The Kier molecular flexibility index (Phi) is 7.60. The number of nitrogens with zero attached hydrogens (tertiary/aromatic N) is 3. The molecule has 7 heteroatoms. The Morgan fingerprint density at radius 3 is 2.61 bits per heavy atom. The Hall–Kier alpha value is -2.93. The predicted molar refractivity (Wildman–Crippen MR) is 132 cm³/mol. The summed E-state index contributed by atoms with van der Waals surface area (Å²) in [5, 5.41) is 3.29. The van der Waals surface area contributed by atoms with Crippen LogP contribution in [-0.4, -0.2) is 59.0 Å². The molecule has 1 amide bonds. The van der Waals surface area contributed by atoms with Crippen molar-refractivity contribution in [3.8, 4) is 11.1 Å². The number of pyridine rings is 2. The maximum absolute atomic E-state index is 12.9. The molecule has 0 unspecified atom stereocenters. The highest BCUT2D eigenvalue weighted by molar-refractivity contribution is 5.87. The van der Waals surface area contributed by atoms with Gasteiger partial charge < -0.3 is 20.1 Å². The summed E-state index contributed by atoms with van der Waals surface area (Å²) < 4.78 is 0. The molecule has 7 nitrogen and oxygen atoms in total. The Morgan fingerprint density at radius 1 is 1.21 bits per heavy atom. The first-order valence-corrected chi connectivity index (χ1v) is 12.1. The zero-order chi connectivity index (χ0) is 23.2. The first-order valence-electron chi connectivity index (χ1n) is 12.1. The summed E-state index contributed by atoms with van der Waals surface area (Å²) in [5.41, 5.74) is 2.71. The smallest absolute Gasteiger partial charge is 0.271 e. The summed E-state index contributed by atoms with van der Waals surface area (Å²) in [6, 6.07) is 6.58. The third kappa shape index (κ3) is 6.32. The average molecular weight is 450 g/mol. The minimum absolute atomic E-state index is 0.0486. The molecule has 2 aliphatic rings. The molecule has 1 saturated heterocycles. The molecular weight excluding hydrogens is 414 g/mol. The van der Waals surface area contributed by atoms with E-state index < -0.39 is 0 Å². The Balaban J connectivity index is 1.45. The van der Waals surface area contributed by atoms with Gasteiger partial charge in [-0.05, 0) is 55.4 Å². The highest BCUT2D eigenvalue weighted by atomic mass is 16.2. The van der Waals surface area contributed by atoms with Gasteiger partial charge in [0.1, 0.15) is 5.69 Å². The summed E-state index contributed by atoms with van der Waals surface area (Å²) in [6.45, 7) is 7.22. The van der Waals surface area contributed by atoms with E-state index in [1.54, 1.807) is 24.7 Å². The summed E-state index contributed by atoms with van der Waals surface area (Å²) in [5.74, 6) is 0.732. The Labute approximate surface area is 195 Å². The highest BCUT2D eigenvalue weighted by Crippen LogP contribution is 2.34. The van der Waals surface area contributed by atoms with E-state index in [9.17, 15) is 9.59 Å². The van der Waals surface area contributed by atoms with Crippen molar-refractivity contribution in [2.75, 3.05) is 31.1 Å². The van der Waals surface area contributed by atoms with Gasteiger partial charge in [-0.1, -0.05) is 19.9 Å². The number of hydrogen-bond acceptors (Lipinski definition) is 5. The summed E-state index contributed by atoms with van der Waals surface area (Å²) in [4.78, 5) is 36.7. The number of aromatic amines is 1. The molecule has 0 atom stereocenters. The van der Waals surface area contributed by atoms with E-state index in [0.717, 1.165) is 36.2 Å². The van der Waals surface area contributed by atoms with Gasteiger partial charge >= 0.3 is 0 Å². The zero-order valence-corrected chi connectivity index (χ0v) is 19.7. The molecule has 2 fully saturated rings. The van der Waals surface area contributed by atoms with E-state index in [2.05, 4.69) is 34.0 Å². The van der Waals surface area contributed by atoms with Crippen molar-refractivity contribution in [2.45, 2.75) is 51.6 Å². The minimum atomic E-state index is -0.0486. The number of piperidine rings is 1. The summed E-state index contributed by atoms with van der Waals surface area (Å²) in [7, 11) is 0. The van der Waals surface area contributed by atoms with Crippen molar-refractivity contribution >= 4 is 11.6 Å². The second-order valence-electron chi connectivity index (χ2n) is 9.46. The number of hydrogen-bond donors (Lipinski definition) is 2. The SMILES string of the molecule is CC(C)NCC=CC(=O)N1CCC(N(CC2CC2)c2cc(-c3ccncc3)c[nH]c2=O)CC1. The molecule has 0 spiro atoms. The van der Waals surface area contributed by atoms with E-state index >= 15 is 0 Å². The summed E-state index contributed by atoms with van der Waals surface area (Å²) in [6.07, 6.45) is 13.1. The number of carbonyl (C=O) groups excluding carboxylic acids is 1. The van der Waals surface area contributed by atoms with Crippen molar-refractivity contribution in [1.82, 2.24) is 20.2 Å². The number of likely N-dealkylation sites (tertiary alicyclic amines) is 1. The highest BCUT2D eigenvalue weighted by Gasteiger charge is 2.32. The molecule has 3 heterocycles. The van der Waals surface area contributed by atoms with Crippen LogP contribution >= 0.6 is 0 Å². The number of H-pyrrole nitrogens is 1. The minimum Gasteiger partial charge on any atom is -0.364 e. The van der Waals surface area contributed by atoms with Crippen LogP contribution in [0.15, 0.2) is 53.7 Å². The third-order valence-electron chi connectivity index (χ3n) is 6.48. The number of rotatable bonds is 9. The van der Waals surface area contributed by atoms with Gasteiger partial charge in [-0.2, -0.15) is 0 Å². The van der Waals surface area contributed by atoms with Gasteiger partial charge in [-0.25, -0.2) is 0 Å². The van der Waals surface area contributed by atoms with Gasteiger partial charge in [0.25, 0.3) is 5.56 Å². The quantitative estimate of drug-likeness (QED) is 0.575. The van der Waals surface area contributed by atoms with Crippen LogP contribution in [0.3, 0.4) is 0 Å². The molecule has 4 rings (SSSR count). The molecule has 1 aliphatic heterocycles. The summed E-state index contributed by atoms with van der Waals surface area (Å²) >= 11 is 0. The van der Waals surface area contributed by atoms with Crippen molar-refractivity contribution in [3.63, 3.8) is 0 Å². The average Bonchev–Trinajstić information content (AvgIpc) is 3.66. The normalized spacial score (nSPS) is 17.1. The fourth-order valence-corrected chi connectivity index (χ4v) is 4.39. The molecular formula is C26H35N5O2. The van der Waals surface area contributed by atoms with Crippen LogP contribution < -0.4 is 15.8 Å². The van der Waals surface area contributed by atoms with Gasteiger partial charge in [-0.3, -0.25) is 14.6 Å². The zero-order valence-electron chi connectivity index (χ0n) is 19.7. The van der Waals surface area contributed by atoms with Crippen molar-refractivity contribution < 1.29 is 4.79 Å². The molecule has 2 N–H and O–H groups in total. The monoisotopic (exact) mass is 449 g/mol. The van der Waals surface area contributed by atoms with E-state index in [-0.39, 0.29) is 17.5 Å². The van der Waals surface area contributed by atoms with Crippen molar-refractivity contribution in [1.29, 1.82) is 0 Å². The first-order chi connectivity index (χ1) is 16.0. The van der Waals surface area contributed by atoms with Crippen LogP contribution in [0.25, 0.3) is 11.1 Å². The van der Waals surface area contributed by atoms with Gasteiger partial charge in [-0.15, -0.1) is 0 Å². The van der Waals surface area contributed by atoms with Crippen LogP contribution in [0.2, 0.25) is 0 Å². The largest absolute Gasteiger partial charge is 0.364 e. The maximum Gasteiger partial charge on any atom is 0.271 e. The molecule has 176 valence electrons. The lowest BCUT2D eigenvalue weighted by molar-refractivity contribution is -0.127. The van der Waals surface area contributed by atoms with Crippen LogP contribution in [0.4, 0.5) is 5.69 Å². The predicted octanol–water partition coefficient (Wildman–Crippen LogP) is 3.20. The molecule has 0 aromatic carbocycles. The van der Waals surface area contributed by atoms with E-state index in [0.29, 0.717) is 31.6 Å². The maximum atomic E-state index is 12.9. The van der Waals surface area contributed by atoms with Crippen molar-refractivity contribution in [2.24, 2.45) is 5.92 Å². The molecule has 1 saturated carbocycles. The van der Waals surface area contributed by atoms with Gasteiger partial charge in [0.05, 0.1) is 0 Å². The standard InChI is InChI=1S/C26H35N5O2/c1-19(2)28-11-3-4-25(32)30-14-9-23(10-15-30)31(18-20-5-6-20)24-16-22(17-29-26(24)33)21-7-12-27-13-8-21/h3-4,7-8,12-13,16-17,19-20,23,28H,5-6,9-11,14-15,18H2,1-2H3,(H,29,33). The van der Waals surface area contributed by atoms with Crippen LogP contribution in [0.1, 0.15) is 39.5 Å². The fraction of sp³-hybridized carbons (Fsp3) is 0.500. The number of anilines is 1. The lowest BCUT2D eigenvalue weighted by Crippen LogP contribution is -2.48. The van der Waals surface area contributed by atoms with Gasteiger partial charge in [0, 0.05) is 68.5 Å². The lowest BCUT2D eigenvalue weighted by Gasteiger charge is -2.39. The Bertz CT molecular complexity index is 1000. The lowest BCUT2D eigenvalue weighted by atomic mass is 10.0. The van der Waals surface area contributed by atoms with E-state index in [4.69, 9.17) is 0 Å². The molecule has 0 bridgehead atoms. The second-order valence-corrected chi connectivity index (χ2v) is 9.46. The topological polar surface area (TPSA) is 81.3 Å². The van der Waals surface area contributed by atoms with E-state index in [1.807, 2.05) is 29.2 Å². The molecule has 1 aliphatic carbocycles. The van der Waals surface area contributed by atoms with E-state index in [1.165, 1.54) is 12.8 Å². The number of aromatic nitrogens is 2. The molecule has 2 aromatic rings. The third-order valence-corrected chi connectivity index (χ3v) is 6.48. The number of nitrogens with one attached hydrogen (secondary N) is 2. The second kappa shape index (κ2) is 10.8.